The number of rotatable bonds is 1. The molecule has 0 spiro atoms. The van der Waals surface area contributed by atoms with Gasteiger partial charge in [-0.25, -0.2) is 4.39 Å². The lowest BCUT2D eigenvalue weighted by Gasteiger charge is -1.96. The molecule has 0 bridgehead atoms. The van der Waals surface area contributed by atoms with Crippen LogP contribution in [0.4, 0.5) is 4.39 Å². The molecule has 1 aromatic heterocycles. The summed E-state index contributed by atoms with van der Waals surface area (Å²) >= 11 is 5.83. The monoisotopic (exact) mass is 198 g/mol. The Hall–Kier alpha value is -1.09. The van der Waals surface area contributed by atoms with Crippen LogP contribution in [0.15, 0.2) is 18.2 Å². The smallest absolute Gasteiger partial charge is 0.159 e. The molecule has 0 radical (unpaired) electrons. The normalized spacial score (nSPS) is 11.0. The molecule has 0 amide bonds. The number of nitrogens with zero attached hydrogens (tertiary/aromatic N) is 2. The van der Waals surface area contributed by atoms with Crippen molar-refractivity contribution in [3.63, 3.8) is 0 Å². The minimum atomic E-state index is -0.287. The van der Waals surface area contributed by atoms with Gasteiger partial charge in [0.05, 0.1) is 5.52 Å². The first kappa shape index (κ1) is 8.51. The summed E-state index contributed by atoms with van der Waals surface area (Å²) in [5.74, 6) is -0.287. The van der Waals surface area contributed by atoms with E-state index in [4.69, 9.17) is 11.6 Å². The van der Waals surface area contributed by atoms with Gasteiger partial charge in [0.25, 0.3) is 0 Å². The van der Waals surface area contributed by atoms with Crippen LogP contribution >= 0.6 is 11.6 Å². The molecule has 1 aromatic carbocycles. The lowest BCUT2D eigenvalue weighted by molar-refractivity contribution is 0.629. The van der Waals surface area contributed by atoms with E-state index in [1.54, 1.807) is 10.7 Å². The van der Waals surface area contributed by atoms with Crippen molar-refractivity contribution in [2.75, 3.05) is 0 Å². The molecule has 0 saturated carbocycles. The van der Waals surface area contributed by atoms with E-state index in [0.717, 1.165) is 12.1 Å². The van der Waals surface area contributed by atoms with Crippen LogP contribution in [0, 0.1) is 5.82 Å². The Morgan fingerprint density at radius 1 is 1.54 bits per heavy atom. The third-order valence-electron chi connectivity index (χ3n) is 1.97. The Bertz CT molecular complexity index is 450. The molecule has 1 heterocycles. The average Bonchev–Trinajstić information content (AvgIpc) is 2.43. The molecule has 2 aromatic rings. The topological polar surface area (TPSA) is 17.8 Å². The Labute approximate surface area is 79.9 Å². The second-order valence-corrected chi connectivity index (χ2v) is 3.13. The second-order valence-electron chi connectivity index (χ2n) is 2.77. The number of aryl methyl sites for hydroxylation is 1. The fourth-order valence-corrected chi connectivity index (χ4v) is 1.60. The minimum Gasteiger partial charge on any atom is -0.264 e. The van der Waals surface area contributed by atoms with Gasteiger partial charge in [-0.05, 0) is 25.1 Å². The molecule has 2 nitrogen and oxygen atoms in total. The van der Waals surface area contributed by atoms with E-state index in [1.807, 2.05) is 6.92 Å². The van der Waals surface area contributed by atoms with Gasteiger partial charge < -0.3 is 0 Å². The highest BCUT2D eigenvalue weighted by molar-refractivity contribution is 6.34. The molecule has 0 aliphatic rings. The third-order valence-corrected chi connectivity index (χ3v) is 2.25. The highest BCUT2D eigenvalue weighted by atomic mass is 35.5. The zero-order valence-electron chi connectivity index (χ0n) is 7.09. The average molecular weight is 199 g/mol. The Balaban J connectivity index is 2.80. The summed E-state index contributed by atoms with van der Waals surface area (Å²) in [5.41, 5.74) is 0.869. The van der Waals surface area contributed by atoms with Gasteiger partial charge in [0.2, 0.25) is 0 Å². The molecule has 0 N–H and O–H groups in total. The molecule has 68 valence electrons. The largest absolute Gasteiger partial charge is 0.264 e. The van der Waals surface area contributed by atoms with Gasteiger partial charge in [-0.1, -0.05) is 11.6 Å². The number of hydrogen-bond acceptors (Lipinski definition) is 1. The molecule has 0 aliphatic heterocycles. The number of aromatic nitrogens is 2. The molecule has 2 rings (SSSR count). The van der Waals surface area contributed by atoms with Gasteiger partial charge in [0.1, 0.15) is 5.82 Å². The van der Waals surface area contributed by atoms with E-state index in [2.05, 4.69) is 5.10 Å². The first-order chi connectivity index (χ1) is 6.22. The lowest BCUT2D eigenvalue weighted by atomic mass is 10.2. The lowest BCUT2D eigenvalue weighted by Crippen LogP contribution is -1.95. The molecule has 0 fully saturated rings. The zero-order chi connectivity index (χ0) is 9.42. The van der Waals surface area contributed by atoms with Crippen molar-refractivity contribution in [1.82, 2.24) is 9.78 Å². The number of hydrogen-bond donors (Lipinski definition) is 0. The van der Waals surface area contributed by atoms with Crippen molar-refractivity contribution in [1.29, 1.82) is 0 Å². The predicted octanol–water partition coefficient (Wildman–Crippen LogP) is 2.85. The van der Waals surface area contributed by atoms with E-state index in [0.29, 0.717) is 10.5 Å². The van der Waals surface area contributed by atoms with Crippen molar-refractivity contribution in [2.45, 2.75) is 13.5 Å². The van der Waals surface area contributed by atoms with Crippen molar-refractivity contribution >= 4 is 22.5 Å². The van der Waals surface area contributed by atoms with E-state index < -0.39 is 0 Å². The molecule has 0 saturated heterocycles. The summed E-state index contributed by atoms with van der Waals surface area (Å²) in [7, 11) is 0. The van der Waals surface area contributed by atoms with Gasteiger partial charge in [0, 0.05) is 11.9 Å². The first-order valence-electron chi connectivity index (χ1n) is 4.04. The van der Waals surface area contributed by atoms with Crippen LogP contribution in [-0.2, 0) is 6.54 Å². The SMILES string of the molecule is CCn1nc(Cl)c2cc(F)ccc21. The van der Waals surface area contributed by atoms with E-state index in [9.17, 15) is 4.39 Å². The zero-order valence-corrected chi connectivity index (χ0v) is 7.85. The van der Waals surface area contributed by atoms with Gasteiger partial charge in [-0.3, -0.25) is 4.68 Å². The Morgan fingerprint density at radius 3 is 3.00 bits per heavy atom. The quantitative estimate of drug-likeness (QED) is 0.689. The fraction of sp³-hybridized carbons (Fsp3) is 0.222. The molecule has 13 heavy (non-hydrogen) atoms. The van der Waals surface area contributed by atoms with Gasteiger partial charge in [-0.15, -0.1) is 0 Å². The summed E-state index contributed by atoms with van der Waals surface area (Å²) < 4.78 is 14.6. The van der Waals surface area contributed by atoms with Gasteiger partial charge >= 0.3 is 0 Å². The van der Waals surface area contributed by atoms with Crippen molar-refractivity contribution in [3.8, 4) is 0 Å². The van der Waals surface area contributed by atoms with Gasteiger partial charge in [-0.2, -0.15) is 5.10 Å². The van der Waals surface area contributed by atoms with Crippen LogP contribution in [0.1, 0.15) is 6.92 Å². The van der Waals surface area contributed by atoms with Crippen LogP contribution in [0.3, 0.4) is 0 Å². The van der Waals surface area contributed by atoms with Crippen molar-refractivity contribution in [3.05, 3.63) is 29.2 Å². The van der Waals surface area contributed by atoms with Crippen LogP contribution in [0.25, 0.3) is 10.9 Å². The summed E-state index contributed by atoms with van der Waals surface area (Å²) in [6.07, 6.45) is 0. The summed E-state index contributed by atoms with van der Waals surface area (Å²) in [5, 5.41) is 5.09. The third kappa shape index (κ3) is 1.29. The fourth-order valence-electron chi connectivity index (χ4n) is 1.35. The Kier molecular flexibility index (Phi) is 1.96. The molecule has 0 atom stereocenters. The summed E-state index contributed by atoms with van der Waals surface area (Å²) in [4.78, 5) is 0. The molecular weight excluding hydrogens is 191 g/mol. The number of benzene rings is 1. The predicted molar refractivity (Wildman–Crippen MR) is 50.4 cm³/mol. The highest BCUT2D eigenvalue weighted by Gasteiger charge is 2.07. The van der Waals surface area contributed by atoms with Crippen LogP contribution < -0.4 is 0 Å². The molecular formula is C9H8ClFN2. The number of fused-ring (bicyclic) bond motifs is 1. The summed E-state index contributed by atoms with van der Waals surface area (Å²) in [6, 6.07) is 4.50. The van der Waals surface area contributed by atoms with Crippen molar-refractivity contribution in [2.24, 2.45) is 0 Å². The van der Waals surface area contributed by atoms with E-state index >= 15 is 0 Å². The highest BCUT2D eigenvalue weighted by Crippen LogP contribution is 2.23. The van der Waals surface area contributed by atoms with E-state index in [-0.39, 0.29) is 5.82 Å². The van der Waals surface area contributed by atoms with Crippen LogP contribution in [0.2, 0.25) is 5.15 Å². The maximum absolute atomic E-state index is 12.8. The van der Waals surface area contributed by atoms with Crippen molar-refractivity contribution < 1.29 is 4.39 Å². The molecule has 0 unspecified atom stereocenters. The van der Waals surface area contributed by atoms with Gasteiger partial charge in [0.15, 0.2) is 5.15 Å². The minimum absolute atomic E-state index is 0.287. The second kappa shape index (κ2) is 3.00. The Morgan fingerprint density at radius 2 is 2.31 bits per heavy atom. The maximum Gasteiger partial charge on any atom is 0.159 e. The summed E-state index contributed by atoms with van der Waals surface area (Å²) in [6.45, 7) is 2.70. The number of halogens is 2. The maximum atomic E-state index is 12.8. The first-order valence-corrected chi connectivity index (χ1v) is 4.41. The van der Waals surface area contributed by atoms with Crippen LogP contribution in [0.5, 0.6) is 0 Å². The molecule has 0 aliphatic carbocycles. The molecule has 4 heteroatoms. The standard InChI is InChI=1S/C9H8ClFN2/c1-2-13-8-4-3-6(11)5-7(8)9(10)12-13/h3-5H,2H2,1H3. The van der Waals surface area contributed by atoms with Crippen LogP contribution in [-0.4, -0.2) is 9.78 Å². The van der Waals surface area contributed by atoms with E-state index in [1.165, 1.54) is 12.1 Å².